The smallest absolute Gasteiger partial charge is 0.0813 e. The van der Waals surface area contributed by atoms with E-state index in [4.69, 9.17) is 4.74 Å². The molecule has 90 valence electrons. The Morgan fingerprint density at radius 1 is 1.19 bits per heavy atom. The van der Waals surface area contributed by atoms with E-state index in [0.29, 0.717) is 13.0 Å². The summed E-state index contributed by atoms with van der Waals surface area (Å²) in [6.45, 7) is 6.98. The van der Waals surface area contributed by atoms with Crippen LogP contribution in [0.4, 0.5) is 0 Å². The van der Waals surface area contributed by atoms with Crippen molar-refractivity contribution in [3.8, 4) is 0 Å². The van der Waals surface area contributed by atoms with Crippen LogP contribution in [0, 0.1) is 0 Å². The Bertz CT molecular complexity index is 309. The van der Waals surface area contributed by atoms with Crippen molar-refractivity contribution >= 4 is 0 Å². The molecule has 2 heteroatoms. The molecule has 16 heavy (non-hydrogen) atoms. The van der Waals surface area contributed by atoms with Crippen LogP contribution in [0.2, 0.25) is 0 Å². The van der Waals surface area contributed by atoms with E-state index in [1.165, 1.54) is 5.56 Å². The van der Waals surface area contributed by atoms with Crippen molar-refractivity contribution in [3.05, 3.63) is 35.4 Å². The van der Waals surface area contributed by atoms with Gasteiger partial charge in [0, 0.05) is 13.5 Å². The number of rotatable bonds is 4. The molecule has 0 fully saturated rings. The van der Waals surface area contributed by atoms with E-state index in [-0.39, 0.29) is 5.41 Å². The monoisotopic (exact) mass is 222 g/mol. The lowest BCUT2D eigenvalue weighted by Crippen LogP contribution is -2.17. The molecule has 0 heterocycles. The van der Waals surface area contributed by atoms with Crippen LogP contribution in [0.5, 0.6) is 0 Å². The third-order valence-corrected chi connectivity index (χ3v) is 2.65. The molecular weight excluding hydrogens is 200 g/mol. The van der Waals surface area contributed by atoms with Gasteiger partial charge in [-0.2, -0.15) is 0 Å². The van der Waals surface area contributed by atoms with Gasteiger partial charge < -0.3 is 9.84 Å². The lowest BCUT2D eigenvalue weighted by molar-refractivity contribution is 0.0650. The summed E-state index contributed by atoms with van der Waals surface area (Å²) >= 11 is 0. The fourth-order valence-electron chi connectivity index (χ4n) is 1.66. The normalized spacial score (nSPS) is 13.8. The number of methoxy groups -OCH3 is 1. The first-order chi connectivity index (χ1) is 7.43. The van der Waals surface area contributed by atoms with Gasteiger partial charge in [-0.15, -0.1) is 0 Å². The minimum absolute atomic E-state index is 0.184. The van der Waals surface area contributed by atoms with Crippen LogP contribution in [-0.4, -0.2) is 24.9 Å². The zero-order valence-corrected chi connectivity index (χ0v) is 10.7. The fourth-order valence-corrected chi connectivity index (χ4v) is 1.66. The van der Waals surface area contributed by atoms with Gasteiger partial charge in [0.2, 0.25) is 0 Å². The predicted molar refractivity (Wildman–Crippen MR) is 66.7 cm³/mol. The van der Waals surface area contributed by atoms with Crippen LogP contribution in [0.15, 0.2) is 24.3 Å². The average molecular weight is 222 g/mol. The SMILES string of the molecule is COCC(O)Cc1ccc(C(C)(C)C)cc1. The molecule has 0 bridgehead atoms. The van der Waals surface area contributed by atoms with Gasteiger partial charge in [-0.25, -0.2) is 0 Å². The van der Waals surface area contributed by atoms with Crippen molar-refractivity contribution < 1.29 is 9.84 Å². The van der Waals surface area contributed by atoms with E-state index in [9.17, 15) is 5.11 Å². The molecule has 1 rings (SSSR count). The Kier molecular flexibility index (Phi) is 4.51. The number of benzene rings is 1. The molecule has 2 nitrogen and oxygen atoms in total. The number of aliphatic hydroxyl groups excluding tert-OH is 1. The Morgan fingerprint density at radius 2 is 1.75 bits per heavy atom. The maximum absolute atomic E-state index is 9.61. The molecule has 1 atom stereocenters. The molecule has 0 aliphatic rings. The summed E-state index contributed by atoms with van der Waals surface area (Å²) in [6, 6.07) is 8.43. The molecule has 1 unspecified atom stereocenters. The Morgan fingerprint density at radius 3 is 2.19 bits per heavy atom. The van der Waals surface area contributed by atoms with E-state index < -0.39 is 6.10 Å². The average Bonchev–Trinajstić information content (AvgIpc) is 2.17. The quantitative estimate of drug-likeness (QED) is 0.848. The molecule has 0 radical (unpaired) electrons. The first-order valence-corrected chi connectivity index (χ1v) is 5.70. The van der Waals surface area contributed by atoms with Crippen molar-refractivity contribution in [1.29, 1.82) is 0 Å². The summed E-state index contributed by atoms with van der Waals surface area (Å²) in [4.78, 5) is 0. The highest BCUT2D eigenvalue weighted by Crippen LogP contribution is 2.22. The van der Waals surface area contributed by atoms with Crippen molar-refractivity contribution in [2.24, 2.45) is 0 Å². The maximum Gasteiger partial charge on any atom is 0.0813 e. The number of hydrogen-bond donors (Lipinski definition) is 1. The Hall–Kier alpha value is -0.860. The third kappa shape index (κ3) is 3.95. The molecule has 0 aliphatic carbocycles. The zero-order chi connectivity index (χ0) is 12.2. The summed E-state index contributed by atoms with van der Waals surface area (Å²) in [5.41, 5.74) is 2.65. The first kappa shape index (κ1) is 13.2. The summed E-state index contributed by atoms with van der Waals surface area (Å²) in [5, 5.41) is 9.61. The molecule has 0 amide bonds. The summed E-state index contributed by atoms with van der Waals surface area (Å²) in [7, 11) is 1.60. The second-order valence-corrected chi connectivity index (χ2v) is 5.26. The first-order valence-electron chi connectivity index (χ1n) is 5.70. The van der Waals surface area contributed by atoms with Crippen LogP contribution >= 0.6 is 0 Å². The molecule has 1 N–H and O–H groups in total. The van der Waals surface area contributed by atoms with Crippen molar-refractivity contribution in [2.45, 2.75) is 38.7 Å². The Labute approximate surface area is 98.3 Å². The molecule has 0 aliphatic heterocycles. The minimum Gasteiger partial charge on any atom is -0.390 e. The lowest BCUT2D eigenvalue weighted by atomic mass is 9.86. The van der Waals surface area contributed by atoms with Gasteiger partial charge in [0.1, 0.15) is 0 Å². The van der Waals surface area contributed by atoms with E-state index >= 15 is 0 Å². The fraction of sp³-hybridized carbons (Fsp3) is 0.571. The summed E-state index contributed by atoms with van der Waals surface area (Å²) in [6.07, 6.45) is 0.239. The van der Waals surface area contributed by atoms with Gasteiger partial charge in [0.05, 0.1) is 12.7 Å². The van der Waals surface area contributed by atoms with Crippen molar-refractivity contribution in [1.82, 2.24) is 0 Å². The molecule has 0 spiro atoms. The maximum atomic E-state index is 9.61. The Balaban J connectivity index is 2.65. The van der Waals surface area contributed by atoms with Crippen LogP contribution in [0.3, 0.4) is 0 Å². The number of ether oxygens (including phenoxy) is 1. The molecule has 0 saturated heterocycles. The number of hydrogen-bond acceptors (Lipinski definition) is 2. The van der Waals surface area contributed by atoms with Gasteiger partial charge in [-0.05, 0) is 16.5 Å². The third-order valence-electron chi connectivity index (χ3n) is 2.65. The van der Waals surface area contributed by atoms with E-state index in [1.807, 2.05) is 0 Å². The largest absolute Gasteiger partial charge is 0.390 e. The molecule has 0 saturated carbocycles. The van der Waals surface area contributed by atoms with E-state index in [1.54, 1.807) is 7.11 Å². The van der Waals surface area contributed by atoms with Crippen LogP contribution in [0.1, 0.15) is 31.9 Å². The highest BCUT2D eigenvalue weighted by Gasteiger charge is 2.13. The standard InChI is InChI=1S/C14H22O2/c1-14(2,3)12-7-5-11(6-8-12)9-13(15)10-16-4/h5-8,13,15H,9-10H2,1-4H3. The van der Waals surface area contributed by atoms with Crippen LogP contribution in [0.25, 0.3) is 0 Å². The predicted octanol–water partition coefficient (Wildman–Crippen LogP) is 2.53. The van der Waals surface area contributed by atoms with Gasteiger partial charge in [-0.1, -0.05) is 45.0 Å². The van der Waals surface area contributed by atoms with Gasteiger partial charge in [-0.3, -0.25) is 0 Å². The topological polar surface area (TPSA) is 29.5 Å². The zero-order valence-electron chi connectivity index (χ0n) is 10.7. The highest BCUT2D eigenvalue weighted by atomic mass is 16.5. The van der Waals surface area contributed by atoms with E-state index in [0.717, 1.165) is 5.56 Å². The minimum atomic E-state index is -0.412. The number of aliphatic hydroxyl groups is 1. The van der Waals surface area contributed by atoms with Crippen molar-refractivity contribution in [2.75, 3.05) is 13.7 Å². The molecule has 1 aromatic rings. The van der Waals surface area contributed by atoms with Crippen molar-refractivity contribution in [3.63, 3.8) is 0 Å². The van der Waals surface area contributed by atoms with Crippen LogP contribution in [-0.2, 0) is 16.6 Å². The van der Waals surface area contributed by atoms with E-state index in [2.05, 4.69) is 45.0 Å². The van der Waals surface area contributed by atoms with Gasteiger partial charge in [0.15, 0.2) is 0 Å². The lowest BCUT2D eigenvalue weighted by Gasteiger charge is -2.19. The molecule has 0 aromatic heterocycles. The molecule has 1 aromatic carbocycles. The van der Waals surface area contributed by atoms with Crippen LogP contribution < -0.4 is 0 Å². The summed E-state index contributed by atoms with van der Waals surface area (Å²) < 4.78 is 4.90. The molecular formula is C14H22O2. The second kappa shape index (κ2) is 5.46. The highest BCUT2D eigenvalue weighted by molar-refractivity contribution is 5.27. The summed E-state index contributed by atoms with van der Waals surface area (Å²) in [5.74, 6) is 0. The van der Waals surface area contributed by atoms with Gasteiger partial charge in [0.25, 0.3) is 0 Å². The van der Waals surface area contributed by atoms with Gasteiger partial charge >= 0.3 is 0 Å². The second-order valence-electron chi connectivity index (χ2n) is 5.26.